The third-order valence-electron chi connectivity index (χ3n) is 2.47. The second-order valence-corrected chi connectivity index (χ2v) is 4.58. The molecule has 0 spiro atoms. The monoisotopic (exact) mass is 285 g/mol. The van der Waals surface area contributed by atoms with Crippen molar-refractivity contribution in [3.05, 3.63) is 33.8 Å². The summed E-state index contributed by atoms with van der Waals surface area (Å²) in [5.74, 6) is -0.142. The lowest BCUT2D eigenvalue weighted by Crippen LogP contribution is -2.36. The van der Waals surface area contributed by atoms with Crippen LogP contribution < -0.4 is 5.32 Å². The third-order valence-corrected chi connectivity index (χ3v) is 3.36. The van der Waals surface area contributed by atoms with Crippen molar-refractivity contribution in [1.82, 2.24) is 5.32 Å². The van der Waals surface area contributed by atoms with Gasteiger partial charge >= 0.3 is 0 Å². The molecule has 1 amide bonds. The number of aliphatic hydroxyl groups is 1. The summed E-state index contributed by atoms with van der Waals surface area (Å²) in [5.41, 5.74) is 1.64. The Labute approximate surface area is 104 Å². The molecule has 3 nitrogen and oxygen atoms in total. The van der Waals surface area contributed by atoms with Crippen LogP contribution in [0.1, 0.15) is 29.3 Å². The van der Waals surface area contributed by atoms with Gasteiger partial charge in [-0.1, -0.05) is 22.9 Å². The summed E-state index contributed by atoms with van der Waals surface area (Å²) in [6.07, 6.45) is 0.720. The van der Waals surface area contributed by atoms with Gasteiger partial charge in [0.05, 0.1) is 12.6 Å². The van der Waals surface area contributed by atoms with Crippen LogP contribution >= 0.6 is 15.9 Å². The van der Waals surface area contributed by atoms with Gasteiger partial charge < -0.3 is 10.4 Å². The molecule has 1 rings (SSSR count). The molecule has 4 heteroatoms. The molecular weight excluding hydrogens is 270 g/mol. The first-order valence-electron chi connectivity index (χ1n) is 5.26. The SMILES string of the molecule is CCC(CO)NC(=O)c1ccc(Br)c(C)c1. The average Bonchev–Trinajstić information content (AvgIpc) is 2.29. The van der Waals surface area contributed by atoms with E-state index in [0.29, 0.717) is 5.56 Å². The molecule has 0 saturated carbocycles. The first kappa shape index (κ1) is 13.2. The Morgan fingerprint density at radius 1 is 1.56 bits per heavy atom. The predicted octanol–water partition coefficient (Wildman–Crippen LogP) is 2.26. The zero-order chi connectivity index (χ0) is 12.1. The summed E-state index contributed by atoms with van der Waals surface area (Å²) >= 11 is 3.38. The molecular formula is C12H16BrNO2. The van der Waals surface area contributed by atoms with Gasteiger partial charge in [-0.2, -0.15) is 0 Å². The Morgan fingerprint density at radius 2 is 2.25 bits per heavy atom. The summed E-state index contributed by atoms with van der Waals surface area (Å²) in [5, 5.41) is 11.8. The summed E-state index contributed by atoms with van der Waals surface area (Å²) < 4.78 is 0.984. The second-order valence-electron chi connectivity index (χ2n) is 3.73. The van der Waals surface area contributed by atoms with Crippen LogP contribution in [-0.2, 0) is 0 Å². The topological polar surface area (TPSA) is 49.3 Å². The lowest BCUT2D eigenvalue weighted by molar-refractivity contribution is 0.0915. The van der Waals surface area contributed by atoms with Crippen LogP contribution in [0.3, 0.4) is 0 Å². The Morgan fingerprint density at radius 3 is 2.75 bits per heavy atom. The molecule has 1 aromatic carbocycles. The molecule has 2 N–H and O–H groups in total. The number of carbonyl (C=O) groups is 1. The van der Waals surface area contributed by atoms with E-state index in [0.717, 1.165) is 16.5 Å². The van der Waals surface area contributed by atoms with Gasteiger partial charge in [-0.3, -0.25) is 4.79 Å². The molecule has 0 saturated heterocycles. The number of aryl methyl sites for hydroxylation is 1. The number of hydrogen-bond donors (Lipinski definition) is 2. The first-order chi connectivity index (χ1) is 7.58. The standard InChI is InChI=1S/C12H16BrNO2/c1-3-10(7-15)14-12(16)9-4-5-11(13)8(2)6-9/h4-6,10,15H,3,7H2,1-2H3,(H,14,16). The van der Waals surface area contributed by atoms with E-state index in [4.69, 9.17) is 5.11 Å². The highest BCUT2D eigenvalue weighted by Gasteiger charge is 2.11. The zero-order valence-corrected chi connectivity index (χ0v) is 11.0. The zero-order valence-electron chi connectivity index (χ0n) is 9.46. The minimum Gasteiger partial charge on any atom is -0.394 e. The molecule has 1 atom stereocenters. The summed E-state index contributed by atoms with van der Waals surface area (Å²) in [6, 6.07) is 5.26. The van der Waals surface area contributed by atoms with Crippen molar-refractivity contribution in [1.29, 1.82) is 0 Å². The van der Waals surface area contributed by atoms with Gasteiger partial charge in [0.15, 0.2) is 0 Å². The van der Waals surface area contributed by atoms with Crippen LogP contribution in [0.15, 0.2) is 22.7 Å². The van der Waals surface area contributed by atoms with E-state index in [-0.39, 0.29) is 18.6 Å². The molecule has 0 aliphatic carbocycles. The number of benzene rings is 1. The smallest absolute Gasteiger partial charge is 0.251 e. The van der Waals surface area contributed by atoms with Gasteiger partial charge in [0.25, 0.3) is 5.91 Å². The van der Waals surface area contributed by atoms with Crippen molar-refractivity contribution >= 4 is 21.8 Å². The largest absolute Gasteiger partial charge is 0.394 e. The molecule has 0 aliphatic heterocycles. The maximum Gasteiger partial charge on any atom is 0.251 e. The Balaban J connectivity index is 2.76. The Kier molecular flexibility index (Phi) is 4.96. The van der Waals surface area contributed by atoms with Crippen LogP contribution in [0, 0.1) is 6.92 Å². The van der Waals surface area contributed by atoms with E-state index in [9.17, 15) is 4.79 Å². The van der Waals surface area contributed by atoms with Gasteiger partial charge in [-0.25, -0.2) is 0 Å². The van der Waals surface area contributed by atoms with E-state index in [1.165, 1.54) is 0 Å². The van der Waals surface area contributed by atoms with Crippen LogP contribution in [0.4, 0.5) is 0 Å². The quantitative estimate of drug-likeness (QED) is 0.892. The number of carbonyl (C=O) groups excluding carboxylic acids is 1. The number of hydrogen-bond acceptors (Lipinski definition) is 2. The number of rotatable bonds is 4. The molecule has 1 unspecified atom stereocenters. The lowest BCUT2D eigenvalue weighted by atomic mass is 10.1. The van der Waals surface area contributed by atoms with Crippen LogP contribution in [0.25, 0.3) is 0 Å². The van der Waals surface area contributed by atoms with Gasteiger partial charge in [0.1, 0.15) is 0 Å². The molecule has 16 heavy (non-hydrogen) atoms. The maximum absolute atomic E-state index is 11.8. The van der Waals surface area contributed by atoms with Crippen LogP contribution in [0.2, 0.25) is 0 Å². The van der Waals surface area contributed by atoms with Crippen LogP contribution in [0.5, 0.6) is 0 Å². The van der Waals surface area contributed by atoms with Crippen molar-refractivity contribution in [2.75, 3.05) is 6.61 Å². The van der Waals surface area contributed by atoms with Crippen molar-refractivity contribution in [2.45, 2.75) is 26.3 Å². The van der Waals surface area contributed by atoms with E-state index in [1.54, 1.807) is 6.07 Å². The number of amides is 1. The highest BCUT2D eigenvalue weighted by Crippen LogP contribution is 2.17. The van der Waals surface area contributed by atoms with E-state index in [2.05, 4.69) is 21.2 Å². The predicted molar refractivity (Wildman–Crippen MR) is 67.5 cm³/mol. The average molecular weight is 286 g/mol. The number of aliphatic hydroxyl groups excluding tert-OH is 1. The van der Waals surface area contributed by atoms with Gasteiger partial charge in [0.2, 0.25) is 0 Å². The van der Waals surface area contributed by atoms with Crippen molar-refractivity contribution in [3.63, 3.8) is 0 Å². The third kappa shape index (κ3) is 3.32. The highest BCUT2D eigenvalue weighted by atomic mass is 79.9. The van der Waals surface area contributed by atoms with E-state index < -0.39 is 0 Å². The van der Waals surface area contributed by atoms with Crippen molar-refractivity contribution in [3.8, 4) is 0 Å². The second kappa shape index (κ2) is 6.01. The lowest BCUT2D eigenvalue weighted by Gasteiger charge is -2.14. The fourth-order valence-corrected chi connectivity index (χ4v) is 1.58. The molecule has 0 fully saturated rings. The van der Waals surface area contributed by atoms with Gasteiger partial charge in [-0.05, 0) is 37.1 Å². The minimum absolute atomic E-state index is 0.0300. The fourth-order valence-electron chi connectivity index (χ4n) is 1.33. The molecule has 0 bridgehead atoms. The summed E-state index contributed by atoms with van der Waals surface area (Å²) in [4.78, 5) is 11.8. The molecule has 88 valence electrons. The molecule has 0 radical (unpaired) electrons. The van der Waals surface area contributed by atoms with Crippen LogP contribution in [-0.4, -0.2) is 23.7 Å². The van der Waals surface area contributed by atoms with E-state index in [1.807, 2.05) is 26.0 Å². The summed E-state index contributed by atoms with van der Waals surface area (Å²) in [7, 11) is 0. The summed E-state index contributed by atoms with van der Waals surface area (Å²) in [6.45, 7) is 3.83. The molecule has 1 aromatic rings. The normalized spacial score (nSPS) is 12.2. The Bertz CT molecular complexity index is 375. The molecule has 0 aromatic heterocycles. The molecule has 0 heterocycles. The fraction of sp³-hybridized carbons (Fsp3) is 0.417. The number of halogens is 1. The first-order valence-corrected chi connectivity index (χ1v) is 6.05. The van der Waals surface area contributed by atoms with Gasteiger partial charge in [0, 0.05) is 10.0 Å². The Hall–Kier alpha value is -0.870. The van der Waals surface area contributed by atoms with Crippen molar-refractivity contribution in [2.24, 2.45) is 0 Å². The van der Waals surface area contributed by atoms with Gasteiger partial charge in [-0.15, -0.1) is 0 Å². The minimum atomic E-state index is -0.170. The molecule has 0 aliphatic rings. The van der Waals surface area contributed by atoms with Crippen molar-refractivity contribution < 1.29 is 9.90 Å². The maximum atomic E-state index is 11.8. The highest BCUT2D eigenvalue weighted by molar-refractivity contribution is 9.10. The number of nitrogens with one attached hydrogen (secondary N) is 1. The van der Waals surface area contributed by atoms with E-state index >= 15 is 0 Å².